The number of amides is 1. The van der Waals surface area contributed by atoms with Gasteiger partial charge in [0.05, 0.1) is 11.0 Å². The first-order chi connectivity index (χ1) is 14.9. The maximum absolute atomic E-state index is 15.0. The zero-order valence-corrected chi connectivity index (χ0v) is 18.7. The minimum atomic E-state index is -0.886. The molecule has 9 heteroatoms. The van der Waals surface area contributed by atoms with Crippen LogP contribution >= 0.6 is 0 Å². The molecule has 0 atom stereocenters. The number of halogens is 1. The van der Waals surface area contributed by atoms with Crippen molar-refractivity contribution in [2.45, 2.75) is 53.2 Å². The third-order valence-electron chi connectivity index (χ3n) is 5.19. The minimum Gasteiger partial charge on any atom is -0.440 e. The number of aryl methyl sites for hydroxylation is 1. The van der Waals surface area contributed by atoms with Crippen LogP contribution in [-0.2, 0) is 11.3 Å². The Morgan fingerprint density at radius 2 is 1.97 bits per heavy atom. The molecule has 1 amide bonds. The highest BCUT2D eigenvalue weighted by atomic mass is 19.1. The van der Waals surface area contributed by atoms with Gasteiger partial charge in [0.15, 0.2) is 29.3 Å². The lowest BCUT2D eigenvalue weighted by molar-refractivity contribution is -0.123. The molecule has 0 aliphatic rings. The zero-order chi connectivity index (χ0) is 23.3. The number of nitrogens with zero attached hydrogens (tertiary/aromatic N) is 4. The van der Waals surface area contributed by atoms with E-state index < -0.39 is 16.8 Å². The largest absolute Gasteiger partial charge is 0.440 e. The number of nitrogens with one attached hydrogen (secondary N) is 1. The van der Waals surface area contributed by atoms with E-state index in [0.29, 0.717) is 46.5 Å². The number of benzene rings is 1. The van der Waals surface area contributed by atoms with Crippen molar-refractivity contribution in [3.8, 4) is 11.1 Å². The first-order valence-corrected chi connectivity index (χ1v) is 10.4. The fourth-order valence-corrected chi connectivity index (χ4v) is 3.25. The van der Waals surface area contributed by atoms with Gasteiger partial charge in [-0.2, -0.15) is 5.10 Å². The van der Waals surface area contributed by atoms with Crippen molar-refractivity contribution in [3.05, 3.63) is 36.6 Å². The number of hydrogen-bond acceptors (Lipinski definition) is 6. The highest BCUT2D eigenvalue weighted by molar-refractivity contribution is 6.02. The van der Waals surface area contributed by atoms with Crippen molar-refractivity contribution < 1.29 is 18.7 Å². The molecule has 0 spiro atoms. The van der Waals surface area contributed by atoms with Crippen LogP contribution in [0.2, 0.25) is 0 Å². The molecule has 3 heterocycles. The summed E-state index contributed by atoms with van der Waals surface area (Å²) >= 11 is 0. The molecule has 0 radical (unpaired) electrons. The number of anilines is 1. The molecule has 32 heavy (non-hydrogen) atoms. The van der Waals surface area contributed by atoms with E-state index in [1.165, 1.54) is 6.39 Å². The van der Waals surface area contributed by atoms with E-state index in [1.54, 1.807) is 42.9 Å². The number of hydrogen-bond donors (Lipinski definition) is 2. The second-order valence-corrected chi connectivity index (χ2v) is 9.56. The summed E-state index contributed by atoms with van der Waals surface area (Å²) in [6.45, 7) is 9.25. The van der Waals surface area contributed by atoms with Crippen LogP contribution in [0.5, 0.6) is 0 Å². The topological polar surface area (TPSA) is 106 Å². The monoisotopic (exact) mass is 439 g/mol. The number of oxazole rings is 1. The summed E-state index contributed by atoms with van der Waals surface area (Å²) in [6, 6.07) is 5.04. The summed E-state index contributed by atoms with van der Waals surface area (Å²) in [5.74, 6) is -0.395. The molecule has 4 aromatic rings. The molecule has 0 saturated heterocycles. The number of pyridine rings is 1. The van der Waals surface area contributed by atoms with Crippen LogP contribution in [0.3, 0.4) is 0 Å². The van der Waals surface area contributed by atoms with E-state index in [-0.39, 0.29) is 11.5 Å². The van der Waals surface area contributed by atoms with Crippen LogP contribution in [0, 0.1) is 11.2 Å². The highest BCUT2D eigenvalue weighted by Gasteiger charge is 2.25. The second-order valence-electron chi connectivity index (χ2n) is 9.56. The van der Waals surface area contributed by atoms with Crippen LogP contribution in [-0.4, -0.2) is 36.4 Å². The molecular formula is C23H26FN5O3. The number of aromatic nitrogens is 4. The third kappa shape index (κ3) is 4.20. The molecule has 1 aromatic carbocycles. The summed E-state index contributed by atoms with van der Waals surface area (Å²) in [5, 5.41) is 18.1. The van der Waals surface area contributed by atoms with Gasteiger partial charge in [-0.3, -0.25) is 4.79 Å². The molecule has 8 nitrogen and oxygen atoms in total. The van der Waals surface area contributed by atoms with Gasteiger partial charge in [0, 0.05) is 29.3 Å². The molecule has 0 bridgehead atoms. The van der Waals surface area contributed by atoms with Crippen LogP contribution in [0.1, 0.15) is 41.0 Å². The smallest absolute Gasteiger partial charge is 0.230 e. The van der Waals surface area contributed by atoms with Crippen molar-refractivity contribution in [1.29, 1.82) is 0 Å². The number of rotatable bonds is 5. The molecule has 0 unspecified atom stereocenters. The number of carbonyl (C=O) groups excluding carboxylic acids is 1. The van der Waals surface area contributed by atoms with Gasteiger partial charge in [-0.1, -0.05) is 20.8 Å². The molecule has 0 saturated carbocycles. The maximum atomic E-state index is 15.0. The Morgan fingerprint density at radius 1 is 1.22 bits per heavy atom. The number of carbonyl (C=O) groups is 1. The van der Waals surface area contributed by atoms with Gasteiger partial charge < -0.3 is 14.8 Å². The van der Waals surface area contributed by atoms with Crippen LogP contribution in [0.15, 0.2) is 35.2 Å². The summed E-state index contributed by atoms with van der Waals surface area (Å²) in [5.41, 5.74) is 0.342. The lowest BCUT2D eigenvalue weighted by Gasteiger charge is -2.17. The average Bonchev–Trinajstić information content (AvgIpc) is 3.30. The predicted molar refractivity (Wildman–Crippen MR) is 119 cm³/mol. The van der Waals surface area contributed by atoms with Gasteiger partial charge in [-0.05, 0) is 38.5 Å². The van der Waals surface area contributed by atoms with Crippen molar-refractivity contribution in [3.63, 3.8) is 0 Å². The Labute approximate surface area is 184 Å². The first kappa shape index (κ1) is 21.9. The van der Waals surface area contributed by atoms with Gasteiger partial charge in [0.2, 0.25) is 5.91 Å². The molecule has 0 aliphatic carbocycles. The van der Waals surface area contributed by atoms with E-state index >= 15 is 4.39 Å². The van der Waals surface area contributed by atoms with E-state index in [0.717, 1.165) is 0 Å². The summed E-state index contributed by atoms with van der Waals surface area (Å²) < 4.78 is 21.9. The zero-order valence-electron chi connectivity index (χ0n) is 18.7. The minimum absolute atomic E-state index is 0.0738. The van der Waals surface area contributed by atoms with Crippen LogP contribution < -0.4 is 5.32 Å². The lowest BCUT2D eigenvalue weighted by Crippen LogP contribution is -2.28. The molecule has 2 N–H and O–H groups in total. The Bertz CT molecular complexity index is 1310. The number of aliphatic hydroxyl groups is 1. The van der Waals surface area contributed by atoms with Gasteiger partial charge in [0.1, 0.15) is 5.52 Å². The van der Waals surface area contributed by atoms with Gasteiger partial charge in [0.25, 0.3) is 0 Å². The normalized spacial score (nSPS) is 12.6. The van der Waals surface area contributed by atoms with E-state index in [2.05, 4.69) is 20.4 Å². The van der Waals surface area contributed by atoms with E-state index in [9.17, 15) is 9.90 Å². The maximum Gasteiger partial charge on any atom is 0.230 e. The van der Waals surface area contributed by atoms with E-state index in [4.69, 9.17) is 4.42 Å². The summed E-state index contributed by atoms with van der Waals surface area (Å²) in [7, 11) is 0. The molecule has 0 fully saturated rings. The summed E-state index contributed by atoms with van der Waals surface area (Å²) in [6.07, 6.45) is 3.20. The van der Waals surface area contributed by atoms with Crippen molar-refractivity contribution >= 4 is 33.9 Å². The Kier molecular flexibility index (Phi) is 5.24. The molecule has 3 aromatic heterocycles. The Balaban J connectivity index is 1.82. The number of fused-ring (bicyclic) bond motifs is 2. The van der Waals surface area contributed by atoms with Crippen molar-refractivity contribution in [2.75, 3.05) is 5.32 Å². The second kappa shape index (κ2) is 7.67. The molecule has 168 valence electrons. The lowest BCUT2D eigenvalue weighted by atomic mass is 9.96. The third-order valence-corrected chi connectivity index (χ3v) is 5.19. The SMILES string of the molecule is CC(C)(O)CCn1nc(NC(=O)C(C)(C)C)c2cc(-c3ccc4ncoc4c3F)cnc21. The standard InChI is InChI=1S/C23H26FN5O3/c1-22(2,3)21(30)27-19-15-10-13(14-6-7-16-18(17(14)24)32-12-26-16)11-25-20(15)29(28-19)9-8-23(4,5)31/h6-7,10-12,31H,8-9H2,1-5H3,(H,27,28,30). The molecule has 4 rings (SSSR count). The molecular weight excluding hydrogens is 413 g/mol. The highest BCUT2D eigenvalue weighted by Crippen LogP contribution is 2.32. The van der Waals surface area contributed by atoms with Crippen molar-refractivity contribution in [2.24, 2.45) is 5.41 Å². The van der Waals surface area contributed by atoms with Crippen LogP contribution in [0.4, 0.5) is 10.2 Å². The van der Waals surface area contributed by atoms with Crippen molar-refractivity contribution in [1.82, 2.24) is 19.7 Å². The fourth-order valence-electron chi connectivity index (χ4n) is 3.25. The Morgan fingerprint density at radius 3 is 2.66 bits per heavy atom. The quantitative estimate of drug-likeness (QED) is 0.473. The first-order valence-electron chi connectivity index (χ1n) is 10.4. The summed E-state index contributed by atoms with van der Waals surface area (Å²) in [4.78, 5) is 21.1. The Hall–Kier alpha value is -3.33. The molecule has 0 aliphatic heterocycles. The fraction of sp³-hybridized carbons (Fsp3) is 0.391. The van der Waals surface area contributed by atoms with Crippen LogP contribution in [0.25, 0.3) is 33.3 Å². The van der Waals surface area contributed by atoms with Gasteiger partial charge in [-0.25, -0.2) is 19.0 Å². The average molecular weight is 439 g/mol. The predicted octanol–water partition coefficient (Wildman–Crippen LogP) is 4.52. The van der Waals surface area contributed by atoms with Gasteiger partial charge in [-0.15, -0.1) is 0 Å². The van der Waals surface area contributed by atoms with Gasteiger partial charge >= 0.3 is 0 Å². The van der Waals surface area contributed by atoms with E-state index in [1.807, 2.05) is 20.8 Å².